The average Bonchev–Trinajstić information content (AvgIpc) is 2.94. The molecule has 222 valence electrons. The number of nitrogens with one attached hydrogen (secondary N) is 1. The molecule has 3 amide bonds. The molecule has 9 nitrogen and oxygen atoms in total. The summed E-state index contributed by atoms with van der Waals surface area (Å²) in [5, 5.41) is 2.59. The molecule has 2 aliphatic rings. The number of nitrogens with zero attached hydrogens (tertiary/aromatic N) is 5. The summed E-state index contributed by atoms with van der Waals surface area (Å²) in [6, 6.07) is 5.90. The van der Waals surface area contributed by atoms with Gasteiger partial charge in [0.2, 0.25) is 5.95 Å². The molecule has 0 atom stereocenters. The second kappa shape index (κ2) is 11.2. The number of rotatable bonds is 5. The monoisotopic (exact) mass is 590 g/mol. The first-order chi connectivity index (χ1) is 19.9. The van der Waals surface area contributed by atoms with Crippen LogP contribution in [0.1, 0.15) is 25.0 Å². The molecule has 1 N–H and O–H groups in total. The molecule has 3 aromatic rings. The molecule has 0 radical (unpaired) electrons. The number of fused-ring (bicyclic) bond motifs is 1. The summed E-state index contributed by atoms with van der Waals surface area (Å²) in [5.41, 5.74) is 0.798. The van der Waals surface area contributed by atoms with Crippen molar-refractivity contribution < 1.29 is 36.3 Å². The summed E-state index contributed by atoms with van der Waals surface area (Å²) < 4.78 is 75.9. The van der Waals surface area contributed by atoms with Gasteiger partial charge in [-0.05, 0) is 50.6 Å². The number of aromatic nitrogens is 2. The average molecular weight is 591 g/mol. The van der Waals surface area contributed by atoms with Gasteiger partial charge in [-0.1, -0.05) is 12.1 Å². The van der Waals surface area contributed by atoms with E-state index in [4.69, 9.17) is 9.72 Å². The lowest BCUT2D eigenvalue weighted by molar-refractivity contribution is -0.170. The number of hydrogen-bond acceptors (Lipinski definition) is 6. The number of ether oxygens (including phenoxy) is 1. The second-order valence-corrected chi connectivity index (χ2v) is 10.1. The molecular formula is C28H27F5N6O3. The number of anilines is 4. The van der Waals surface area contributed by atoms with Crippen molar-refractivity contribution in [3.05, 3.63) is 59.2 Å². The van der Waals surface area contributed by atoms with Crippen LogP contribution < -0.4 is 20.0 Å². The van der Waals surface area contributed by atoms with Crippen molar-refractivity contribution in [2.45, 2.75) is 39.5 Å². The van der Waals surface area contributed by atoms with Crippen LogP contribution in [0.25, 0.3) is 11.3 Å². The van der Waals surface area contributed by atoms with E-state index in [0.717, 1.165) is 17.0 Å². The minimum atomic E-state index is -5.11. The predicted octanol–water partition coefficient (Wildman–Crippen LogP) is 5.23. The van der Waals surface area contributed by atoms with Gasteiger partial charge in [-0.3, -0.25) is 4.79 Å². The fraction of sp³-hybridized carbons (Fsp3) is 0.357. The van der Waals surface area contributed by atoms with E-state index >= 15 is 0 Å². The van der Waals surface area contributed by atoms with Crippen molar-refractivity contribution >= 4 is 35.1 Å². The van der Waals surface area contributed by atoms with E-state index in [2.05, 4.69) is 10.3 Å². The van der Waals surface area contributed by atoms with Crippen LogP contribution in [0.4, 0.5) is 49.9 Å². The minimum absolute atomic E-state index is 0.0231. The molecule has 1 saturated heterocycles. The zero-order chi connectivity index (χ0) is 30.3. The number of carbonyl (C=O) groups excluding carboxylic acids is 2. The van der Waals surface area contributed by atoms with Gasteiger partial charge >= 0.3 is 18.1 Å². The maximum atomic E-state index is 15.0. The summed E-state index contributed by atoms with van der Waals surface area (Å²) in [5.74, 6) is -3.96. The molecular weight excluding hydrogens is 563 g/mol. The fourth-order valence-electron chi connectivity index (χ4n) is 4.99. The molecule has 2 aliphatic heterocycles. The highest BCUT2D eigenvalue weighted by molar-refractivity contribution is 6.02. The van der Waals surface area contributed by atoms with Gasteiger partial charge < -0.3 is 19.9 Å². The van der Waals surface area contributed by atoms with Gasteiger partial charge in [0.25, 0.3) is 0 Å². The molecule has 14 heteroatoms. The Morgan fingerprint density at radius 2 is 1.74 bits per heavy atom. The van der Waals surface area contributed by atoms with E-state index in [9.17, 15) is 31.5 Å². The summed E-state index contributed by atoms with van der Waals surface area (Å²) in [7, 11) is 0. The third-order valence-corrected chi connectivity index (χ3v) is 6.99. The largest absolute Gasteiger partial charge is 0.471 e. The van der Waals surface area contributed by atoms with E-state index in [0.29, 0.717) is 42.3 Å². The van der Waals surface area contributed by atoms with Gasteiger partial charge in [-0.25, -0.2) is 23.5 Å². The number of morpholine rings is 1. The Morgan fingerprint density at radius 3 is 2.36 bits per heavy atom. The molecule has 1 fully saturated rings. The van der Waals surface area contributed by atoms with Crippen LogP contribution in [0.3, 0.4) is 0 Å². The van der Waals surface area contributed by atoms with Gasteiger partial charge in [0, 0.05) is 35.9 Å². The number of carbonyl (C=O) groups is 2. The van der Waals surface area contributed by atoms with E-state index in [-0.39, 0.29) is 35.3 Å². The predicted molar refractivity (Wildman–Crippen MR) is 145 cm³/mol. The van der Waals surface area contributed by atoms with E-state index in [1.54, 1.807) is 17.9 Å². The molecule has 1 aromatic heterocycles. The first kappa shape index (κ1) is 29.2. The van der Waals surface area contributed by atoms with Crippen molar-refractivity contribution in [2.24, 2.45) is 0 Å². The Labute approximate surface area is 237 Å². The standard InChI is InChI=1S/C28H27F5N6O3/c1-15(2)38(25(40)28(31,32)33)17-8-7-16(3)18(13-17)22-19-14-34-27(41)39(23-20(29)5-4-6-21(23)30)24(19)36-26(35-22)37-9-11-42-12-10-37/h4-8,13,15H,9-12,14H2,1-3H3,(H,34,41). The van der Waals surface area contributed by atoms with Crippen molar-refractivity contribution in [1.29, 1.82) is 0 Å². The number of benzene rings is 2. The van der Waals surface area contributed by atoms with Crippen molar-refractivity contribution in [1.82, 2.24) is 15.3 Å². The highest BCUT2D eigenvalue weighted by atomic mass is 19.4. The van der Waals surface area contributed by atoms with Crippen LogP contribution in [0, 0.1) is 18.6 Å². The molecule has 0 unspecified atom stereocenters. The molecule has 0 bridgehead atoms. The number of urea groups is 1. The lowest BCUT2D eigenvalue weighted by atomic mass is 9.98. The highest BCUT2D eigenvalue weighted by Gasteiger charge is 2.44. The summed E-state index contributed by atoms with van der Waals surface area (Å²) >= 11 is 0. The quantitative estimate of drug-likeness (QED) is 0.410. The Morgan fingerprint density at radius 1 is 1.07 bits per heavy atom. The smallest absolute Gasteiger partial charge is 0.378 e. The first-order valence-electron chi connectivity index (χ1n) is 13.2. The minimum Gasteiger partial charge on any atom is -0.378 e. The van der Waals surface area contributed by atoms with Crippen molar-refractivity contribution in [3.8, 4) is 11.3 Å². The number of hydrogen-bond donors (Lipinski definition) is 1. The first-order valence-corrected chi connectivity index (χ1v) is 13.2. The van der Waals surface area contributed by atoms with Crippen LogP contribution >= 0.6 is 0 Å². The molecule has 3 heterocycles. The van der Waals surface area contributed by atoms with Gasteiger partial charge in [-0.2, -0.15) is 18.2 Å². The summed E-state index contributed by atoms with van der Waals surface area (Å²) in [6.07, 6.45) is -5.11. The van der Waals surface area contributed by atoms with Crippen molar-refractivity contribution in [3.63, 3.8) is 0 Å². The van der Waals surface area contributed by atoms with Crippen LogP contribution in [0.2, 0.25) is 0 Å². The maximum absolute atomic E-state index is 15.0. The van der Waals surface area contributed by atoms with Crippen LogP contribution in [-0.4, -0.2) is 60.4 Å². The number of para-hydroxylation sites is 1. The van der Waals surface area contributed by atoms with Crippen LogP contribution in [0.15, 0.2) is 36.4 Å². The topological polar surface area (TPSA) is 90.9 Å². The lowest BCUT2D eigenvalue weighted by Crippen LogP contribution is -2.45. The molecule has 0 aliphatic carbocycles. The van der Waals surface area contributed by atoms with Gasteiger partial charge in [0.05, 0.1) is 25.5 Å². The Bertz CT molecular complexity index is 1520. The number of alkyl halides is 3. The number of halogens is 5. The third-order valence-electron chi connectivity index (χ3n) is 6.99. The molecule has 5 rings (SSSR count). The van der Waals surface area contributed by atoms with Crippen molar-refractivity contribution in [2.75, 3.05) is 41.0 Å². The number of aryl methyl sites for hydroxylation is 1. The fourth-order valence-corrected chi connectivity index (χ4v) is 4.99. The van der Waals surface area contributed by atoms with Crippen LogP contribution in [0.5, 0.6) is 0 Å². The number of amides is 3. The zero-order valence-electron chi connectivity index (χ0n) is 22.9. The Balaban J connectivity index is 1.75. The maximum Gasteiger partial charge on any atom is 0.471 e. The lowest BCUT2D eigenvalue weighted by Gasteiger charge is -2.33. The zero-order valence-corrected chi connectivity index (χ0v) is 22.9. The molecule has 2 aromatic carbocycles. The van der Waals surface area contributed by atoms with Gasteiger partial charge in [0.1, 0.15) is 17.3 Å². The van der Waals surface area contributed by atoms with E-state index in [1.165, 1.54) is 32.0 Å². The highest BCUT2D eigenvalue weighted by Crippen LogP contribution is 2.41. The van der Waals surface area contributed by atoms with Gasteiger partial charge in [-0.15, -0.1) is 0 Å². The molecule has 0 spiro atoms. The van der Waals surface area contributed by atoms with Crippen LogP contribution in [-0.2, 0) is 16.1 Å². The SMILES string of the molecule is Cc1ccc(N(C(=O)C(F)(F)F)C(C)C)cc1-c1nc(N2CCOCC2)nc2c1CNC(=O)N2c1c(F)cccc1F. The van der Waals surface area contributed by atoms with Gasteiger partial charge in [0.15, 0.2) is 5.82 Å². The third kappa shape index (κ3) is 5.33. The summed E-state index contributed by atoms with van der Waals surface area (Å²) in [4.78, 5) is 38.0. The van der Waals surface area contributed by atoms with E-state index < -0.39 is 41.5 Å². The Kier molecular flexibility index (Phi) is 7.75. The normalized spacial score (nSPS) is 15.5. The van der Waals surface area contributed by atoms with E-state index in [1.807, 2.05) is 0 Å². The molecule has 42 heavy (non-hydrogen) atoms. The second-order valence-electron chi connectivity index (χ2n) is 10.1. The molecule has 0 saturated carbocycles. The Hall–Kier alpha value is -4.33. The summed E-state index contributed by atoms with van der Waals surface area (Å²) in [6.45, 7) is 6.00.